The van der Waals surface area contributed by atoms with E-state index < -0.39 is 61.7 Å². The molecule has 0 aliphatic heterocycles. The van der Waals surface area contributed by atoms with Crippen molar-refractivity contribution in [2.24, 2.45) is 11.8 Å². The molecule has 0 radical (unpaired) electrons. The number of fused-ring (bicyclic) bond motifs is 3. The van der Waals surface area contributed by atoms with E-state index in [-0.39, 0.29) is 48.3 Å². The van der Waals surface area contributed by atoms with Crippen molar-refractivity contribution in [3.05, 3.63) is 65.0 Å². The number of sulfone groups is 1. The van der Waals surface area contributed by atoms with Gasteiger partial charge < -0.3 is 10.4 Å². The third kappa shape index (κ3) is 4.43. The molecule has 0 heterocycles. The Labute approximate surface area is 212 Å². The number of carbonyl (C=O) groups is 1. The van der Waals surface area contributed by atoms with E-state index in [1.54, 1.807) is 0 Å². The van der Waals surface area contributed by atoms with Crippen molar-refractivity contribution in [3.63, 3.8) is 0 Å². The highest BCUT2D eigenvalue weighted by molar-refractivity contribution is 7.92. The first kappa shape index (κ1) is 27.5. The highest BCUT2D eigenvalue weighted by atomic mass is 32.2. The van der Waals surface area contributed by atoms with Crippen molar-refractivity contribution in [1.82, 2.24) is 5.32 Å². The second-order valence-corrected chi connectivity index (χ2v) is 12.3. The lowest BCUT2D eigenvalue weighted by molar-refractivity contribution is -0.228. The Bertz CT molecular complexity index is 1290. The quantitative estimate of drug-likeness (QED) is 0.407. The molecule has 202 valence electrons. The molecule has 2 aromatic carbocycles. The fraction of sp³-hybridized carbons (Fsp3) is 0.500. The number of amides is 1. The highest BCUT2D eigenvalue weighted by Gasteiger charge is 2.62. The van der Waals surface area contributed by atoms with Gasteiger partial charge in [-0.15, -0.1) is 0 Å². The second kappa shape index (κ2) is 9.34. The third-order valence-corrected chi connectivity index (χ3v) is 10.4. The number of rotatable bonds is 6. The van der Waals surface area contributed by atoms with Crippen LogP contribution in [0.4, 0.5) is 22.0 Å². The molecule has 5 atom stereocenters. The monoisotopic (exact) mass is 545 g/mol. The molecule has 0 aromatic heterocycles. The van der Waals surface area contributed by atoms with Gasteiger partial charge in [0.05, 0.1) is 11.0 Å². The Hall–Kier alpha value is -2.53. The number of aryl methyl sites for hydroxylation is 1. The Morgan fingerprint density at radius 3 is 2.38 bits per heavy atom. The van der Waals surface area contributed by atoms with Gasteiger partial charge in [-0.05, 0) is 86.4 Å². The maximum atomic E-state index is 14.8. The molecular formula is C26H28F5NO4S. The molecule has 1 saturated carbocycles. The molecule has 1 fully saturated rings. The zero-order valence-electron chi connectivity index (χ0n) is 20.3. The minimum atomic E-state index is -5.17. The van der Waals surface area contributed by atoms with Crippen LogP contribution in [0.25, 0.3) is 0 Å². The number of hydrogen-bond acceptors (Lipinski definition) is 4. The maximum absolute atomic E-state index is 14.8. The van der Waals surface area contributed by atoms with Gasteiger partial charge in [-0.1, -0.05) is 18.2 Å². The molecular weight excluding hydrogens is 517 g/mol. The third-order valence-electron chi connectivity index (χ3n) is 7.78. The normalized spacial score (nSPS) is 26.1. The van der Waals surface area contributed by atoms with Gasteiger partial charge in [-0.3, -0.25) is 4.79 Å². The van der Waals surface area contributed by atoms with E-state index in [1.165, 1.54) is 13.0 Å². The van der Waals surface area contributed by atoms with Crippen LogP contribution in [0.5, 0.6) is 0 Å². The van der Waals surface area contributed by atoms with E-state index >= 15 is 0 Å². The zero-order chi connectivity index (χ0) is 27.4. The summed E-state index contributed by atoms with van der Waals surface area (Å²) in [5.41, 5.74) is -3.75. The van der Waals surface area contributed by atoms with Crippen molar-refractivity contribution >= 4 is 15.7 Å². The Balaban J connectivity index is 1.87. The van der Waals surface area contributed by atoms with Gasteiger partial charge in [0.15, 0.2) is 9.84 Å². The first-order valence-electron chi connectivity index (χ1n) is 12.0. The number of carbonyl (C=O) groups excluding carboxylic acids is 1. The fourth-order valence-corrected chi connectivity index (χ4v) is 8.30. The summed E-state index contributed by atoms with van der Waals surface area (Å²) in [6.45, 7) is 1.89. The Morgan fingerprint density at radius 1 is 1.14 bits per heavy atom. The van der Waals surface area contributed by atoms with Crippen LogP contribution in [0.2, 0.25) is 0 Å². The maximum Gasteiger partial charge on any atom is 0.426 e. The summed E-state index contributed by atoms with van der Waals surface area (Å²) >= 11 is 0. The van der Waals surface area contributed by atoms with Crippen LogP contribution in [0, 0.1) is 17.7 Å². The summed E-state index contributed by atoms with van der Waals surface area (Å²) in [5, 5.41) is 12.2. The minimum Gasteiger partial charge on any atom is -0.392 e. The average Bonchev–Trinajstić information content (AvgIpc) is 3.23. The van der Waals surface area contributed by atoms with Gasteiger partial charge in [0.25, 0.3) is 0 Å². The molecule has 2 aromatic rings. The van der Waals surface area contributed by atoms with Crippen LogP contribution in [0.3, 0.4) is 0 Å². The predicted molar refractivity (Wildman–Crippen MR) is 125 cm³/mol. The average molecular weight is 546 g/mol. The van der Waals surface area contributed by atoms with Crippen molar-refractivity contribution in [1.29, 1.82) is 0 Å². The van der Waals surface area contributed by atoms with E-state index in [4.69, 9.17) is 0 Å². The number of benzene rings is 2. The lowest BCUT2D eigenvalue weighted by Crippen LogP contribution is -2.47. The lowest BCUT2D eigenvalue weighted by atomic mass is 9.72. The lowest BCUT2D eigenvalue weighted by Gasteiger charge is -2.42. The van der Waals surface area contributed by atoms with Crippen LogP contribution < -0.4 is 5.32 Å². The van der Waals surface area contributed by atoms with Gasteiger partial charge in [0.2, 0.25) is 11.6 Å². The number of hydrogen-bond donors (Lipinski definition) is 2. The minimum absolute atomic E-state index is 0.00263. The SMILES string of the molecule is C[C@H](O)CNC(=O)[C@@H]1CC[C@@]2(S(=O)(=O)c3ccc(F)cc3)c3ccc(C(C)(F)C(F)(F)F)cc3CC[C@@H]12. The summed E-state index contributed by atoms with van der Waals surface area (Å²) in [5.74, 6) is -2.52. The summed E-state index contributed by atoms with van der Waals surface area (Å²) < 4.78 is 95.2. The van der Waals surface area contributed by atoms with Gasteiger partial charge in [0, 0.05) is 12.5 Å². The van der Waals surface area contributed by atoms with Crippen molar-refractivity contribution < 1.29 is 40.3 Å². The standard InChI is InChI=1S/C26H28F5NO4S/c1-15(33)14-32-23(34)20-11-12-25(37(35,36)19-7-5-18(27)6-8-19)21-10-4-17(24(2,28)26(29,30)31)13-16(21)3-9-22(20)25/h4-8,10,13,15,20,22,33H,3,9,11-12,14H2,1-2H3,(H,32,34)/t15-,20+,22-,24?,25+/m0/s1. The summed E-state index contributed by atoms with van der Waals surface area (Å²) in [6, 6.07) is 7.53. The summed E-state index contributed by atoms with van der Waals surface area (Å²) in [6.07, 6.45) is -5.48. The van der Waals surface area contributed by atoms with Gasteiger partial charge >= 0.3 is 6.18 Å². The summed E-state index contributed by atoms with van der Waals surface area (Å²) in [7, 11) is -4.28. The van der Waals surface area contributed by atoms with Crippen molar-refractivity contribution in [2.45, 2.75) is 67.1 Å². The molecule has 37 heavy (non-hydrogen) atoms. The number of aliphatic hydroxyl groups excluding tert-OH is 1. The van der Waals surface area contributed by atoms with E-state index in [1.807, 2.05) is 0 Å². The molecule has 1 unspecified atom stereocenters. The molecule has 0 bridgehead atoms. The molecule has 2 N–H and O–H groups in total. The van der Waals surface area contributed by atoms with Crippen molar-refractivity contribution in [3.8, 4) is 0 Å². The molecule has 0 saturated heterocycles. The molecule has 2 aliphatic carbocycles. The molecule has 4 rings (SSSR count). The zero-order valence-corrected chi connectivity index (χ0v) is 21.1. The van der Waals surface area contributed by atoms with Crippen LogP contribution in [-0.2, 0) is 31.5 Å². The molecule has 2 aliphatic rings. The number of alkyl halides is 4. The highest BCUT2D eigenvalue weighted by Crippen LogP contribution is 2.59. The van der Waals surface area contributed by atoms with Crippen LogP contribution in [0.15, 0.2) is 47.4 Å². The first-order chi connectivity index (χ1) is 17.1. The topological polar surface area (TPSA) is 83.5 Å². The molecule has 0 spiro atoms. The number of aliphatic hydroxyl groups is 1. The van der Waals surface area contributed by atoms with Crippen LogP contribution in [-0.4, -0.2) is 38.3 Å². The van der Waals surface area contributed by atoms with Gasteiger partial charge in [0.1, 0.15) is 10.6 Å². The molecule has 11 heteroatoms. The van der Waals surface area contributed by atoms with E-state index in [0.717, 1.165) is 36.4 Å². The first-order valence-corrected chi connectivity index (χ1v) is 13.5. The van der Waals surface area contributed by atoms with E-state index in [2.05, 4.69) is 5.32 Å². The van der Waals surface area contributed by atoms with Crippen molar-refractivity contribution in [2.75, 3.05) is 6.54 Å². The van der Waals surface area contributed by atoms with Gasteiger partial charge in [-0.25, -0.2) is 17.2 Å². The number of nitrogens with one attached hydrogen (secondary N) is 1. The van der Waals surface area contributed by atoms with E-state index in [9.17, 15) is 40.3 Å². The second-order valence-electron chi connectivity index (χ2n) is 10.1. The van der Waals surface area contributed by atoms with E-state index in [0.29, 0.717) is 6.92 Å². The predicted octanol–water partition coefficient (Wildman–Crippen LogP) is 4.71. The Morgan fingerprint density at radius 2 is 1.78 bits per heavy atom. The fourth-order valence-electron chi connectivity index (χ4n) is 5.83. The molecule has 5 nitrogen and oxygen atoms in total. The van der Waals surface area contributed by atoms with Gasteiger partial charge in [-0.2, -0.15) is 13.2 Å². The van der Waals surface area contributed by atoms with Crippen LogP contribution in [0.1, 0.15) is 49.8 Å². The molecule has 1 amide bonds. The Kier molecular flexibility index (Phi) is 6.94. The number of halogens is 5. The summed E-state index contributed by atoms with van der Waals surface area (Å²) in [4.78, 5) is 12.8. The van der Waals surface area contributed by atoms with Crippen LogP contribution >= 0.6 is 0 Å². The largest absolute Gasteiger partial charge is 0.426 e. The smallest absolute Gasteiger partial charge is 0.392 e.